The molecule has 7 heteroatoms. The van der Waals surface area contributed by atoms with Crippen molar-refractivity contribution in [2.75, 3.05) is 6.54 Å². The summed E-state index contributed by atoms with van der Waals surface area (Å²) in [6.07, 6.45) is -1.11. The number of nitrogens with one attached hydrogen (secondary N) is 1. The Hall–Kier alpha value is -1.83. The summed E-state index contributed by atoms with van der Waals surface area (Å²) in [7, 11) is -3.86. The largest absolute Gasteiger partial charge is 0.387 e. The van der Waals surface area contributed by atoms with Gasteiger partial charge < -0.3 is 5.11 Å². The molecule has 0 aliphatic carbocycles. The van der Waals surface area contributed by atoms with Crippen molar-refractivity contribution in [1.29, 1.82) is 0 Å². The van der Waals surface area contributed by atoms with E-state index in [1.54, 1.807) is 0 Å². The van der Waals surface area contributed by atoms with Crippen LogP contribution in [0.25, 0.3) is 0 Å². The molecule has 2 aromatic rings. The first-order valence-corrected chi connectivity index (χ1v) is 7.97. The van der Waals surface area contributed by atoms with Gasteiger partial charge in [-0.25, -0.2) is 21.9 Å². The van der Waals surface area contributed by atoms with E-state index in [1.165, 1.54) is 37.3 Å². The van der Waals surface area contributed by atoms with E-state index in [2.05, 4.69) is 4.72 Å². The maximum atomic E-state index is 13.2. The fraction of sp³-hybridized carbons (Fsp3) is 0.200. The van der Waals surface area contributed by atoms with Crippen molar-refractivity contribution >= 4 is 10.0 Å². The van der Waals surface area contributed by atoms with Gasteiger partial charge in [0, 0.05) is 6.54 Å². The Morgan fingerprint density at radius 1 is 1.14 bits per heavy atom. The van der Waals surface area contributed by atoms with Gasteiger partial charge in [0.1, 0.15) is 11.6 Å². The number of halogens is 2. The Morgan fingerprint density at radius 2 is 1.77 bits per heavy atom. The van der Waals surface area contributed by atoms with Crippen LogP contribution in [0, 0.1) is 18.6 Å². The molecule has 1 unspecified atom stereocenters. The topological polar surface area (TPSA) is 66.4 Å². The van der Waals surface area contributed by atoms with E-state index in [4.69, 9.17) is 0 Å². The van der Waals surface area contributed by atoms with Crippen LogP contribution in [0.4, 0.5) is 8.78 Å². The second-order valence-corrected chi connectivity index (χ2v) is 6.60. The smallest absolute Gasteiger partial charge is 0.240 e. The maximum Gasteiger partial charge on any atom is 0.240 e. The van der Waals surface area contributed by atoms with E-state index < -0.39 is 27.8 Å². The van der Waals surface area contributed by atoms with Gasteiger partial charge in [-0.3, -0.25) is 0 Å². The number of hydrogen-bond acceptors (Lipinski definition) is 3. The average Bonchev–Trinajstić information content (AvgIpc) is 2.48. The third-order valence-electron chi connectivity index (χ3n) is 3.16. The van der Waals surface area contributed by atoms with Crippen molar-refractivity contribution in [2.24, 2.45) is 0 Å². The summed E-state index contributed by atoms with van der Waals surface area (Å²) in [6, 6.07) is 8.52. The molecule has 0 aliphatic rings. The van der Waals surface area contributed by atoms with Gasteiger partial charge in [-0.05, 0) is 48.4 Å². The highest BCUT2D eigenvalue weighted by molar-refractivity contribution is 7.89. The molecule has 22 heavy (non-hydrogen) atoms. The van der Waals surface area contributed by atoms with E-state index in [-0.39, 0.29) is 17.0 Å². The quantitative estimate of drug-likeness (QED) is 0.885. The van der Waals surface area contributed by atoms with Crippen LogP contribution < -0.4 is 4.72 Å². The lowest BCUT2D eigenvalue weighted by Crippen LogP contribution is -2.28. The van der Waals surface area contributed by atoms with Crippen molar-refractivity contribution in [3.8, 4) is 0 Å². The van der Waals surface area contributed by atoms with E-state index in [0.29, 0.717) is 5.56 Å². The molecule has 0 bridgehead atoms. The van der Waals surface area contributed by atoms with Gasteiger partial charge in [-0.15, -0.1) is 0 Å². The lowest BCUT2D eigenvalue weighted by Gasteiger charge is -2.13. The van der Waals surface area contributed by atoms with E-state index in [0.717, 1.165) is 12.1 Å². The standard InChI is InChI=1S/C15H15F2NO3S/c1-10-8-13(6-7-14(10)17)22(20,21)18-9-15(19)11-2-4-12(16)5-3-11/h2-8,15,18-19H,9H2,1H3. The van der Waals surface area contributed by atoms with Crippen LogP contribution >= 0.6 is 0 Å². The normalized spacial score (nSPS) is 13.1. The molecule has 0 fully saturated rings. The number of aliphatic hydroxyl groups excluding tert-OH is 1. The van der Waals surface area contributed by atoms with Crippen molar-refractivity contribution in [3.63, 3.8) is 0 Å². The fourth-order valence-electron chi connectivity index (χ4n) is 1.86. The van der Waals surface area contributed by atoms with Gasteiger partial charge in [-0.2, -0.15) is 0 Å². The third-order valence-corrected chi connectivity index (χ3v) is 4.58. The second-order valence-electron chi connectivity index (χ2n) is 4.83. The number of rotatable bonds is 5. The molecule has 2 aromatic carbocycles. The molecule has 2 N–H and O–H groups in total. The Balaban J connectivity index is 2.09. The van der Waals surface area contributed by atoms with Gasteiger partial charge in [-0.1, -0.05) is 12.1 Å². The third kappa shape index (κ3) is 3.88. The molecule has 118 valence electrons. The Kier molecular flexibility index (Phi) is 4.90. The van der Waals surface area contributed by atoms with Crippen LogP contribution in [-0.4, -0.2) is 20.1 Å². The van der Waals surface area contributed by atoms with Crippen LogP contribution in [0.15, 0.2) is 47.4 Å². The summed E-state index contributed by atoms with van der Waals surface area (Å²) in [4.78, 5) is -0.0855. The predicted molar refractivity (Wildman–Crippen MR) is 77.7 cm³/mol. The number of benzene rings is 2. The highest BCUT2D eigenvalue weighted by Gasteiger charge is 2.17. The van der Waals surface area contributed by atoms with Gasteiger partial charge in [0.05, 0.1) is 11.0 Å². The molecular formula is C15H15F2NO3S. The minimum atomic E-state index is -3.86. The highest BCUT2D eigenvalue weighted by Crippen LogP contribution is 2.16. The summed E-state index contributed by atoms with van der Waals surface area (Å²) in [5, 5.41) is 9.91. The SMILES string of the molecule is Cc1cc(S(=O)(=O)NCC(O)c2ccc(F)cc2)ccc1F. The lowest BCUT2D eigenvalue weighted by atomic mass is 10.1. The monoisotopic (exact) mass is 327 g/mol. The minimum Gasteiger partial charge on any atom is -0.387 e. The Labute approximate surface area is 127 Å². The predicted octanol–water partition coefficient (Wildman–Crippen LogP) is 2.29. The molecule has 0 aliphatic heterocycles. The van der Waals surface area contributed by atoms with E-state index in [9.17, 15) is 22.3 Å². The van der Waals surface area contributed by atoms with Crippen molar-refractivity contribution in [2.45, 2.75) is 17.9 Å². The number of aryl methyl sites for hydroxylation is 1. The number of hydrogen-bond donors (Lipinski definition) is 2. The van der Waals surface area contributed by atoms with Crippen LogP contribution in [0.2, 0.25) is 0 Å². The number of aliphatic hydroxyl groups is 1. The summed E-state index contributed by atoms with van der Waals surface area (Å²) in [5.74, 6) is -0.941. The second kappa shape index (κ2) is 6.51. The van der Waals surface area contributed by atoms with Gasteiger partial charge in [0.2, 0.25) is 10.0 Å². The van der Waals surface area contributed by atoms with Crippen molar-refractivity contribution < 1.29 is 22.3 Å². The van der Waals surface area contributed by atoms with Gasteiger partial charge in [0.15, 0.2) is 0 Å². The Bertz CT molecular complexity index is 761. The summed E-state index contributed by atoms with van der Waals surface area (Å²) in [6.45, 7) is 1.19. The zero-order valence-corrected chi connectivity index (χ0v) is 12.6. The molecule has 4 nitrogen and oxygen atoms in total. The first-order valence-electron chi connectivity index (χ1n) is 6.49. The van der Waals surface area contributed by atoms with Crippen molar-refractivity contribution in [3.05, 3.63) is 65.2 Å². The maximum absolute atomic E-state index is 13.2. The van der Waals surface area contributed by atoms with Gasteiger partial charge >= 0.3 is 0 Å². The van der Waals surface area contributed by atoms with Crippen LogP contribution in [-0.2, 0) is 10.0 Å². The average molecular weight is 327 g/mol. The molecule has 0 saturated heterocycles. The zero-order chi connectivity index (χ0) is 16.3. The fourth-order valence-corrected chi connectivity index (χ4v) is 2.98. The molecule has 0 heterocycles. The molecule has 0 radical (unpaired) electrons. The van der Waals surface area contributed by atoms with Crippen LogP contribution in [0.1, 0.15) is 17.2 Å². The minimum absolute atomic E-state index is 0.0855. The Morgan fingerprint density at radius 3 is 2.36 bits per heavy atom. The first kappa shape index (κ1) is 16.5. The highest BCUT2D eigenvalue weighted by atomic mass is 32.2. The molecule has 0 aromatic heterocycles. The van der Waals surface area contributed by atoms with Crippen LogP contribution in [0.5, 0.6) is 0 Å². The summed E-state index contributed by atoms with van der Waals surface area (Å²) < 4.78 is 52.4. The van der Waals surface area contributed by atoms with E-state index >= 15 is 0 Å². The van der Waals surface area contributed by atoms with Crippen molar-refractivity contribution in [1.82, 2.24) is 4.72 Å². The molecule has 2 rings (SSSR count). The van der Waals surface area contributed by atoms with E-state index in [1.807, 2.05) is 0 Å². The summed E-state index contributed by atoms with van der Waals surface area (Å²) in [5.41, 5.74) is 0.598. The molecular weight excluding hydrogens is 312 g/mol. The summed E-state index contributed by atoms with van der Waals surface area (Å²) >= 11 is 0. The molecule has 0 saturated carbocycles. The number of sulfonamides is 1. The lowest BCUT2D eigenvalue weighted by molar-refractivity contribution is 0.182. The molecule has 0 amide bonds. The van der Waals surface area contributed by atoms with Gasteiger partial charge in [0.25, 0.3) is 0 Å². The molecule has 1 atom stereocenters. The zero-order valence-electron chi connectivity index (χ0n) is 11.8. The molecule has 0 spiro atoms. The van der Waals surface area contributed by atoms with Crippen LogP contribution in [0.3, 0.4) is 0 Å². The first-order chi connectivity index (χ1) is 10.3.